The van der Waals surface area contributed by atoms with Crippen LogP contribution in [0.2, 0.25) is 5.02 Å². The standard InChI is InChI=1S/C14H18ClN3O3/c15-10-5-6-11(13(7-10)18(20)21)14(19)17-12(8-16)9-3-1-2-4-9/h5-7,9,12H,1-4,8,16H2,(H,17,19). The van der Waals surface area contributed by atoms with Crippen LogP contribution in [0, 0.1) is 16.0 Å². The van der Waals surface area contributed by atoms with Gasteiger partial charge in [-0.2, -0.15) is 0 Å². The van der Waals surface area contributed by atoms with Gasteiger partial charge in [0.2, 0.25) is 0 Å². The first-order chi connectivity index (χ1) is 10.0. The van der Waals surface area contributed by atoms with E-state index >= 15 is 0 Å². The minimum absolute atomic E-state index is 0.0147. The fraction of sp³-hybridized carbons (Fsp3) is 0.500. The van der Waals surface area contributed by atoms with Crippen molar-refractivity contribution in [3.8, 4) is 0 Å². The molecule has 0 spiro atoms. The van der Waals surface area contributed by atoms with Gasteiger partial charge in [0, 0.05) is 23.7 Å². The largest absolute Gasteiger partial charge is 0.348 e. The van der Waals surface area contributed by atoms with Gasteiger partial charge in [-0.1, -0.05) is 24.4 Å². The molecule has 114 valence electrons. The summed E-state index contributed by atoms with van der Waals surface area (Å²) >= 11 is 5.75. The van der Waals surface area contributed by atoms with Crippen LogP contribution in [0.3, 0.4) is 0 Å². The van der Waals surface area contributed by atoms with Gasteiger partial charge in [-0.15, -0.1) is 0 Å². The van der Waals surface area contributed by atoms with Gasteiger partial charge in [-0.05, 0) is 30.9 Å². The lowest BCUT2D eigenvalue weighted by Gasteiger charge is -2.23. The number of carbonyl (C=O) groups excluding carboxylic acids is 1. The molecule has 7 heteroatoms. The van der Waals surface area contributed by atoms with Crippen LogP contribution in [-0.4, -0.2) is 23.4 Å². The average molecular weight is 312 g/mol. The highest BCUT2D eigenvalue weighted by molar-refractivity contribution is 6.31. The molecule has 0 saturated heterocycles. The summed E-state index contributed by atoms with van der Waals surface area (Å²) in [6.45, 7) is 0.331. The Morgan fingerprint density at radius 2 is 2.14 bits per heavy atom. The lowest BCUT2D eigenvalue weighted by Crippen LogP contribution is -2.44. The molecule has 0 heterocycles. The smallest absolute Gasteiger partial charge is 0.283 e. The number of nitrogens with one attached hydrogen (secondary N) is 1. The maximum Gasteiger partial charge on any atom is 0.283 e. The molecular formula is C14H18ClN3O3. The fourth-order valence-electron chi connectivity index (χ4n) is 2.82. The topological polar surface area (TPSA) is 98.3 Å². The van der Waals surface area contributed by atoms with E-state index in [0.29, 0.717) is 12.5 Å². The number of amides is 1. The lowest BCUT2D eigenvalue weighted by molar-refractivity contribution is -0.385. The Balaban J connectivity index is 2.17. The number of nitro benzene ring substituents is 1. The molecule has 6 nitrogen and oxygen atoms in total. The molecule has 1 unspecified atom stereocenters. The van der Waals surface area contributed by atoms with Crippen LogP contribution in [0.4, 0.5) is 5.69 Å². The van der Waals surface area contributed by atoms with E-state index in [2.05, 4.69) is 5.32 Å². The predicted molar refractivity (Wildman–Crippen MR) is 80.4 cm³/mol. The molecule has 3 N–H and O–H groups in total. The summed E-state index contributed by atoms with van der Waals surface area (Å²) in [5.41, 5.74) is 5.46. The Labute approximate surface area is 127 Å². The molecule has 1 saturated carbocycles. The molecule has 1 aromatic rings. The third-order valence-electron chi connectivity index (χ3n) is 3.94. The van der Waals surface area contributed by atoms with Crippen LogP contribution in [0.15, 0.2) is 18.2 Å². The normalized spacial score (nSPS) is 16.7. The number of rotatable bonds is 5. The van der Waals surface area contributed by atoms with E-state index in [1.54, 1.807) is 0 Å². The van der Waals surface area contributed by atoms with Crippen LogP contribution in [0.5, 0.6) is 0 Å². The fourth-order valence-corrected chi connectivity index (χ4v) is 2.99. The number of nitrogens with two attached hydrogens (primary N) is 1. The van der Waals surface area contributed by atoms with Crippen LogP contribution >= 0.6 is 11.6 Å². The molecular weight excluding hydrogens is 294 g/mol. The van der Waals surface area contributed by atoms with Crippen molar-refractivity contribution in [3.63, 3.8) is 0 Å². The number of hydrogen-bond acceptors (Lipinski definition) is 4. The Hall–Kier alpha value is -1.66. The van der Waals surface area contributed by atoms with Gasteiger partial charge in [-0.25, -0.2) is 0 Å². The molecule has 21 heavy (non-hydrogen) atoms. The molecule has 0 bridgehead atoms. The van der Waals surface area contributed by atoms with Crippen LogP contribution < -0.4 is 11.1 Å². The summed E-state index contributed by atoms with van der Waals surface area (Å²) in [6.07, 6.45) is 4.34. The Morgan fingerprint density at radius 3 is 2.71 bits per heavy atom. The van der Waals surface area contributed by atoms with Crippen molar-refractivity contribution in [2.75, 3.05) is 6.54 Å². The van der Waals surface area contributed by atoms with Crippen molar-refractivity contribution >= 4 is 23.2 Å². The van der Waals surface area contributed by atoms with Crippen LogP contribution in [0.25, 0.3) is 0 Å². The van der Waals surface area contributed by atoms with Gasteiger partial charge in [0.25, 0.3) is 11.6 Å². The molecule has 1 atom stereocenters. The molecule has 0 aliphatic heterocycles. The third-order valence-corrected chi connectivity index (χ3v) is 4.18. The zero-order valence-electron chi connectivity index (χ0n) is 11.5. The number of nitrogens with zero attached hydrogens (tertiary/aromatic N) is 1. The molecule has 1 amide bonds. The summed E-state index contributed by atoms with van der Waals surface area (Å²) in [6, 6.07) is 3.88. The number of halogens is 1. The molecule has 2 rings (SSSR count). The number of benzene rings is 1. The van der Waals surface area contributed by atoms with Gasteiger partial charge in [0.1, 0.15) is 5.56 Å². The van der Waals surface area contributed by atoms with Gasteiger partial charge < -0.3 is 11.1 Å². The summed E-state index contributed by atoms with van der Waals surface area (Å²) in [7, 11) is 0. The van der Waals surface area contributed by atoms with Crippen molar-refractivity contribution in [1.29, 1.82) is 0 Å². The maximum atomic E-state index is 12.3. The van der Waals surface area contributed by atoms with Gasteiger partial charge in [0.15, 0.2) is 0 Å². The van der Waals surface area contributed by atoms with Crippen molar-refractivity contribution in [2.24, 2.45) is 11.7 Å². The highest BCUT2D eigenvalue weighted by atomic mass is 35.5. The van der Waals surface area contributed by atoms with Crippen molar-refractivity contribution in [3.05, 3.63) is 38.9 Å². The summed E-state index contributed by atoms with van der Waals surface area (Å²) < 4.78 is 0. The zero-order chi connectivity index (χ0) is 15.4. The minimum Gasteiger partial charge on any atom is -0.348 e. The number of hydrogen-bond donors (Lipinski definition) is 2. The third kappa shape index (κ3) is 3.71. The van der Waals surface area contributed by atoms with E-state index in [9.17, 15) is 14.9 Å². The second-order valence-electron chi connectivity index (χ2n) is 5.28. The molecule has 1 aliphatic rings. The Bertz CT molecular complexity index is 544. The van der Waals surface area contributed by atoms with Gasteiger partial charge in [0.05, 0.1) is 4.92 Å². The van der Waals surface area contributed by atoms with E-state index in [1.807, 2.05) is 0 Å². The van der Waals surface area contributed by atoms with E-state index in [-0.39, 0.29) is 22.3 Å². The number of carbonyl (C=O) groups is 1. The first-order valence-corrected chi connectivity index (χ1v) is 7.35. The van der Waals surface area contributed by atoms with Gasteiger partial charge in [-0.3, -0.25) is 14.9 Å². The van der Waals surface area contributed by atoms with E-state index in [0.717, 1.165) is 25.7 Å². The first kappa shape index (κ1) is 15.7. The molecule has 1 aromatic carbocycles. The first-order valence-electron chi connectivity index (χ1n) is 6.97. The second kappa shape index (κ2) is 6.87. The zero-order valence-corrected chi connectivity index (χ0v) is 12.3. The van der Waals surface area contributed by atoms with Crippen molar-refractivity contribution in [2.45, 2.75) is 31.7 Å². The second-order valence-corrected chi connectivity index (χ2v) is 5.72. The monoisotopic (exact) mass is 311 g/mol. The summed E-state index contributed by atoms with van der Waals surface area (Å²) in [5.74, 6) is -0.119. The van der Waals surface area contributed by atoms with E-state index < -0.39 is 10.8 Å². The number of nitro groups is 1. The highest BCUT2D eigenvalue weighted by Crippen LogP contribution is 2.28. The van der Waals surface area contributed by atoms with Gasteiger partial charge >= 0.3 is 0 Å². The summed E-state index contributed by atoms with van der Waals surface area (Å²) in [5, 5.41) is 14.1. The minimum atomic E-state index is -0.603. The van der Waals surface area contributed by atoms with Crippen molar-refractivity contribution in [1.82, 2.24) is 5.32 Å². The van der Waals surface area contributed by atoms with E-state index in [4.69, 9.17) is 17.3 Å². The molecule has 0 radical (unpaired) electrons. The molecule has 1 aliphatic carbocycles. The Morgan fingerprint density at radius 1 is 1.48 bits per heavy atom. The lowest BCUT2D eigenvalue weighted by atomic mass is 9.97. The van der Waals surface area contributed by atoms with Crippen LogP contribution in [0.1, 0.15) is 36.0 Å². The average Bonchev–Trinajstić information content (AvgIpc) is 2.98. The van der Waals surface area contributed by atoms with E-state index in [1.165, 1.54) is 18.2 Å². The highest BCUT2D eigenvalue weighted by Gasteiger charge is 2.28. The molecule has 1 fully saturated rings. The van der Waals surface area contributed by atoms with Crippen molar-refractivity contribution < 1.29 is 9.72 Å². The maximum absolute atomic E-state index is 12.3. The predicted octanol–water partition coefficient (Wildman–Crippen LogP) is 2.50. The Kier molecular flexibility index (Phi) is 5.14. The quantitative estimate of drug-likeness (QED) is 0.644. The molecule has 0 aromatic heterocycles. The SMILES string of the molecule is NCC(NC(=O)c1ccc(Cl)cc1[N+](=O)[O-])C1CCCC1. The van der Waals surface area contributed by atoms with Crippen LogP contribution in [-0.2, 0) is 0 Å². The summed E-state index contributed by atoms with van der Waals surface area (Å²) in [4.78, 5) is 22.7.